The first-order chi connectivity index (χ1) is 12.7. The van der Waals surface area contributed by atoms with E-state index in [1.165, 1.54) is 11.6 Å². The van der Waals surface area contributed by atoms with E-state index in [1.54, 1.807) is 6.07 Å². The van der Waals surface area contributed by atoms with Gasteiger partial charge in [-0.2, -0.15) is 0 Å². The molecule has 3 heterocycles. The van der Waals surface area contributed by atoms with E-state index in [1.807, 2.05) is 19.1 Å². The lowest BCUT2D eigenvalue weighted by molar-refractivity contribution is 0.122. The molecule has 0 N–H and O–H groups in total. The first-order valence-electron chi connectivity index (χ1n) is 9.35. The normalized spacial score (nSPS) is 18.5. The van der Waals surface area contributed by atoms with Gasteiger partial charge in [0, 0.05) is 50.3 Å². The molecule has 0 spiro atoms. The van der Waals surface area contributed by atoms with Crippen molar-refractivity contribution in [1.29, 1.82) is 0 Å². The summed E-state index contributed by atoms with van der Waals surface area (Å²) >= 11 is 0. The fraction of sp³-hybridized carbons (Fsp3) is 0.500. The zero-order valence-corrected chi connectivity index (χ0v) is 15.2. The predicted octanol–water partition coefficient (Wildman–Crippen LogP) is 2.36. The topological polar surface area (TPSA) is 41.5 Å². The van der Waals surface area contributed by atoms with E-state index < -0.39 is 0 Å². The maximum atomic E-state index is 14.0. The molecule has 2 aliphatic heterocycles. The molecule has 0 unspecified atom stereocenters. The van der Waals surface area contributed by atoms with E-state index in [2.05, 4.69) is 9.80 Å². The van der Waals surface area contributed by atoms with Gasteiger partial charge in [-0.3, -0.25) is 4.90 Å². The van der Waals surface area contributed by atoms with E-state index in [-0.39, 0.29) is 5.82 Å². The van der Waals surface area contributed by atoms with Crippen LogP contribution in [0.4, 0.5) is 10.2 Å². The summed E-state index contributed by atoms with van der Waals surface area (Å²) in [6, 6.07) is 7.05. The lowest BCUT2D eigenvalue weighted by Crippen LogP contribution is -2.38. The van der Waals surface area contributed by atoms with Gasteiger partial charge in [0.15, 0.2) is 0 Å². The second-order valence-electron chi connectivity index (χ2n) is 6.99. The summed E-state index contributed by atoms with van der Waals surface area (Å²) in [4.78, 5) is 14.1. The minimum absolute atomic E-state index is 0.126. The van der Waals surface area contributed by atoms with Gasteiger partial charge in [-0.05, 0) is 19.4 Å². The Hall–Kier alpha value is -2.05. The van der Waals surface area contributed by atoms with Gasteiger partial charge < -0.3 is 9.64 Å². The number of hydrogen-bond donors (Lipinski definition) is 0. The second kappa shape index (κ2) is 7.68. The number of ether oxygens (including phenoxy) is 1. The Balaban J connectivity index is 1.54. The van der Waals surface area contributed by atoms with Crippen molar-refractivity contribution in [2.75, 3.05) is 44.3 Å². The molecular weight excluding hydrogens is 331 g/mol. The number of rotatable bonds is 3. The van der Waals surface area contributed by atoms with Gasteiger partial charge in [0.1, 0.15) is 17.5 Å². The van der Waals surface area contributed by atoms with Crippen molar-refractivity contribution in [1.82, 2.24) is 14.9 Å². The number of halogens is 1. The van der Waals surface area contributed by atoms with E-state index in [4.69, 9.17) is 14.7 Å². The molecule has 2 aromatic rings. The number of hydrogen-bond acceptors (Lipinski definition) is 5. The molecule has 0 amide bonds. The molecule has 6 heteroatoms. The van der Waals surface area contributed by atoms with Crippen LogP contribution in [0, 0.1) is 12.7 Å². The fourth-order valence-corrected chi connectivity index (χ4v) is 3.81. The molecule has 1 aromatic heterocycles. The van der Waals surface area contributed by atoms with Gasteiger partial charge in [0.2, 0.25) is 0 Å². The lowest BCUT2D eigenvalue weighted by Gasteiger charge is -2.30. The minimum atomic E-state index is -0.126. The van der Waals surface area contributed by atoms with E-state index >= 15 is 0 Å². The molecule has 0 atom stereocenters. The maximum Gasteiger partial charge on any atom is 0.135 e. The zero-order chi connectivity index (χ0) is 17.9. The Bertz CT molecular complexity index is 776. The Labute approximate surface area is 153 Å². The second-order valence-corrected chi connectivity index (χ2v) is 6.99. The molecule has 138 valence electrons. The lowest BCUT2D eigenvalue weighted by atomic mass is 10.1. The number of fused-ring (bicyclic) bond motifs is 1. The van der Waals surface area contributed by atoms with Crippen molar-refractivity contribution in [2.45, 2.75) is 26.3 Å². The summed E-state index contributed by atoms with van der Waals surface area (Å²) in [6.45, 7) is 7.63. The third-order valence-electron chi connectivity index (χ3n) is 5.19. The summed E-state index contributed by atoms with van der Waals surface area (Å²) in [6.07, 6.45) is 1.78. The quantitative estimate of drug-likeness (QED) is 0.845. The highest BCUT2D eigenvalue weighted by Gasteiger charge is 2.24. The first kappa shape index (κ1) is 17.4. The van der Waals surface area contributed by atoms with Crippen molar-refractivity contribution >= 4 is 5.82 Å². The van der Waals surface area contributed by atoms with Gasteiger partial charge in [0.05, 0.1) is 18.9 Å². The summed E-state index contributed by atoms with van der Waals surface area (Å²) in [5.74, 6) is 1.77. The summed E-state index contributed by atoms with van der Waals surface area (Å²) < 4.78 is 19.5. The number of aromatic nitrogens is 2. The number of anilines is 1. The minimum Gasteiger partial charge on any atom is -0.378 e. The van der Waals surface area contributed by atoms with Crippen LogP contribution in [-0.4, -0.2) is 54.3 Å². The number of nitrogens with zero attached hydrogens (tertiary/aromatic N) is 4. The van der Waals surface area contributed by atoms with Gasteiger partial charge in [-0.25, -0.2) is 14.4 Å². The highest BCUT2D eigenvalue weighted by atomic mass is 19.1. The van der Waals surface area contributed by atoms with Crippen LogP contribution in [0.1, 0.15) is 22.6 Å². The fourth-order valence-electron chi connectivity index (χ4n) is 3.81. The van der Waals surface area contributed by atoms with Crippen LogP contribution in [-0.2, 0) is 24.1 Å². The summed E-state index contributed by atoms with van der Waals surface area (Å²) in [7, 11) is 0. The monoisotopic (exact) mass is 356 g/mol. The largest absolute Gasteiger partial charge is 0.378 e. The number of aryl methyl sites for hydroxylation is 1. The van der Waals surface area contributed by atoms with Crippen LogP contribution in [0.25, 0.3) is 0 Å². The smallest absolute Gasteiger partial charge is 0.135 e. The molecule has 0 bridgehead atoms. The highest BCUT2D eigenvalue weighted by Crippen LogP contribution is 2.26. The molecule has 0 saturated carbocycles. The number of morpholine rings is 1. The van der Waals surface area contributed by atoms with Crippen molar-refractivity contribution in [3.05, 3.63) is 52.7 Å². The molecule has 26 heavy (non-hydrogen) atoms. The van der Waals surface area contributed by atoms with Gasteiger partial charge in [-0.1, -0.05) is 18.2 Å². The van der Waals surface area contributed by atoms with E-state index in [0.717, 1.165) is 75.1 Å². The standard InChI is InChI=1S/C20H25FN4O/c1-15-22-19-7-9-24(14-16-4-2-3-5-18(16)21)8-6-17(19)20(23-15)25-10-12-26-13-11-25/h2-5H,6-14H2,1H3. The Morgan fingerprint density at radius 1 is 1.04 bits per heavy atom. The van der Waals surface area contributed by atoms with Gasteiger partial charge in [-0.15, -0.1) is 0 Å². The van der Waals surface area contributed by atoms with Crippen LogP contribution in [0.2, 0.25) is 0 Å². The van der Waals surface area contributed by atoms with Crippen LogP contribution in [0.15, 0.2) is 24.3 Å². The Morgan fingerprint density at radius 3 is 2.62 bits per heavy atom. The van der Waals surface area contributed by atoms with Crippen molar-refractivity contribution in [3.8, 4) is 0 Å². The molecule has 1 fully saturated rings. The summed E-state index contributed by atoms with van der Waals surface area (Å²) in [5, 5.41) is 0. The molecule has 0 radical (unpaired) electrons. The molecule has 4 rings (SSSR count). The third kappa shape index (κ3) is 3.71. The molecule has 1 aromatic carbocycles. The van der Waals surface area contributed by atoms with Crippen LogP contribution < -0.4 is 4.90 Å². The Morgan fingerprint density at radius 2 is 1.81 bits per heavy atom. The van der Waals surface area contributed by atoms with E-state index in [9.17, 15) is 4.39 Å². The van der Waals surface area contributed by atoms with Crippen LogP contribution in [0.3, 0.4) is 0 Å². The molecule has 0 aliphatic carbocycles. The predicted molar refractivity (Wildman–Crippen MR) is 98.9 cm³/mol. The van der Waals surface area contributed by atoms with E-state index in [0.29, 0.717) is 6.54 Å². The maximum absolute atomic E-state index is 14.0. The van der Waals surface area contributed by atoms with Gasteiger partial charge in [0.25, 0.3) is 0 Å². The molecular formula is C20H25FN4O. The van der Waals surface area contributed by atoms with Crippen molar-refractivity contribution < 1.29 is 9.13 Å². The van der Waals surface area contributed by atoms with Crippen LogP contribution in [0.5, 0.6) is 0 Å². The number of benzene rings is 1. The Kier molecular flexibility index (Phi) is 5.13. The zero-order valence-electron chi connectivity index (χ0n) is 15.2. The SMILES string of the molecule is Cc1nc2c(c(N3CCOCC3)n1)CCN(Cc1ccccc1F)CC2. The molecule has 2 aliphatic rings. The summed E-state index contributed by atoms with van der Waals surface area (Å²) in [5.41, 5.74) is 3.16. The highest BCUT2D eigenvalue weighted by molar-refractivity contribution is 5.50. The molecule has 1 saturated heterocycles. The average Bonchev–Trinajstić information content (AvgIpc) is 2.86. The third-order valence-corrected chi connectivity index (χ3v) is 5.19. The average molecular weight is 356 g/mol. The molecule has 5 nitrogen and oxygen atoms in total. The van der Waals surface area contributed by atoms with Crippen LogP contribution >= 0.6 is 0 Å². The van der Waals surface area contributed by atoms with Crippen molar-refractivity contribution in [3.63, 3.8) is 0 Å². The van der Waals surface area contributed by atoms with Crippen molar-refractivity contribution in [2.24, 2.45) is 0 Å². The first-order valence-corrected chi connectivity index (χ1v) is 9.35. The van der Waals surface area contributed by atoms with Gasteiger partial charge >= 0.3 is 0 Å².